The molecule has 118 valence electrons. The first-order valence-corrected chi connectivity index (χ1v) is 7.64. The van der Waals surface area contributed by atoms with Crippen LogP contribution in [0, 0.1) is 0 Å². The molecule has 0 unspecified atom stereocenters. The number of nitrogens with zero attached hydrogens (tertiary/aromatic N) is 1. The van der Waals surface area contributed by atoms with Gasteiger partial charge in [-0.3, -0.25) is 0 Å². The van der Waals surface area contributed by atoms with Crippen molar-refractivity contribution in [2.75, 3.05) is 13.1 Å². The van der Waals surface area contributed by atoms with Gasteiger partial charge in [0, 0.05) is 42.2 Å². The Morgan fingerprint density at radius 2 is 2.00 bits per heavy atom. The maximum absolute atomic E-state index is 12.2. The molecule has 5 heteroatoms. The average molecular weight is 302 g/mol. The molecule has 2 heterocycles. The fraction of sp³-hybridized carbons (Fsp3) is 0.471. The lowest BCUT2D eigenvalue weighted by Crippen LogP contribution is -2.38. The third kappa shape index (κ3) is 2.89. The molecular weight excluding hydrogens is 280 g/mol. The van der Waals surface area contributed by atoms with E-state index < -0.39 is 5.60 Å². The number of hydrogen-bond donors (Lipinski definition) is 2. The lowest BCUT2D eigenvalue weighted by molar-refractivity contribution is 0.0258. The third-order valence-electron chi connectivity index (χ3n) is 3.89. The first-order chi connectivity index (χ1) is 10.3. The van der Waals surface area contributed by atoms with Crippen molar-refractivity contribution in [3.63, 3.8) is 0 Å². The molecule has 0 radical (unpaired) electrons. The van der Waals surface area contributed by atoms with Gasteiger partial charge >= 0.3 is 6.09 Å². The van der Waals surface area contributed by atoms with Crippen LogP contribution in [0.1, 0.15) is 32.0 Å². The zero-order chi connectivity index (χ0) is 15.9. The molecule has 1 aromatic heterocycles. The topological polar surface area (TPSA) is 65.6 Å². The number of carbonyl (C=O) groups excluding carboxylic acids is 1. The lowest BCUT2D eigenvalue weighted by atomic mass is 10.1. The Kier molecular flexibility index (Phi) is 3.51. The number of aromatic amines is 1. The van der Waals surface area contributed by atoms with Crippen molar-refractivity contribution in [3.05, 3.63) is 29.5 Å². The van der Waals surface area contributed by atoms with E-state index >= 15 is 0 Å². The number of hydrogen-bond acceptors (Lipinski definition) is 3. The van der Waals surface area contributed by atoms with Gasteiger partial charge in [-0.1, -0.05) is 0 Å². The highest BCUT2D eigenvalue weighted by molar-refractivity contribution is 5.86. The van der Waals surface area contributed by atoms with Crippen molar-refractivity contribution in [1.29, 1.82) is 0 Å². The predicted molar refractivity (Wildman–Crippen MR) is 85.2 cm³/mol. The van der Waals surface area contributed by atoms with Gasteiger partial charge in [-0.25, -0.2) is 4.79 Å². The maximum Gasteiger partial charge on any atom is 0.410 e. The van der Waals surface area contributed by atoms with E-state index in [4.69, 9.17) is 4.74 Å². The number of aromatic nitrogens is 1. The Bertz CT molecular complexity index is 712. The van der Waals surface area contributed by atoms with Gasteiger partial charge in [0.2, 0.25) is 0 Å². The van der Waals surface area contributed by atoms with Gasteiger partial charge in [-0.2, -0.15) is 0 Å². The standard InChI is InChI=1S/C17H22N2O3/c1-17(2,3)22-16(21)19-8-6-13-12-5-4-11(20)10-15(12)18-14(13)7-9-19/h4-5,10,18,20H,6-9H2,1-3H3. The monoisotopic (exact) mass is 302 g/mol. The fourth-order valence-electron chi connectivity index (χ4n) is 2.91. The van der Waals surface area contributed by atoms with E-state index in [0.717, 1.165) is 29.4 Å². The SMILES string of the molecule is CC(C)(C)OC(=O)N1CCc2[nH]c3cc(O)ccc3c2CC1. The molecule has 0 saturated carbocycles. The highest BCUT2D eigenvalue weighted by Crippen LogP contribution is 2.28. The van der Waals surface area contributed by atoms with E-state index in [2.05, 4.69) is 4.98 Å². The van der Waals surface area contributed by atoms with Gasteiger partial charge in [-0.05, 0) is 44.9 Å². The van der Waals surface area contributed by atoms with Gasteiger partial charge in [-0.15, -0.1) is 0 Å². The molecule has 22 heavy (non-hydrogen) atoms. The Morgan fingerprint density at radius 1 is 1.27 bits per heavy atom. The summed E-state index contributed by atoms with van der Waals surface area (Å²) in [4.78, 5) is 17.3. The van der Waals surface area contributed by atoms with Gasteiger partial charge in [0.05, 0.1) is 0 Å². The van der Waals surface area contributed by atoms with E-state index in [1.54, 1.807) is 17.0 Å². The molecule has 0 spiro atoms. The summed E-state index contributed by atoms with van der Waals surface area (Å²) in [5.74, 6) is 0.263. The summed E-state index contributed by atoms with van der Waals surface area (Å²) in [5.41, 5.74) is 2.87. The summed E-state index contributed by atoms with van der Waals surface area (Å²) >= 11 is 0. The largest absolute Gasteiger partial charge is 0.508 e. The number of nitrogens with one attached hydrogen (secondary N) is 1. The Balaban J connectivity index is 1.80. The van der Waals surface area contributed by atoms with Crippen molar-refractivity contribution in [2.24, 2.45) is 0 Å². The molecule has 2 N–H and O–H groups in total. The number of phenols is 1. The molecule has 1 aromatic carbocycles. The summed E-state index contributed by atoms with van der Waals surface area (Å²) in [6, 6.07) is 5.38. The van der Waals surface area contributed by atoms with E-state index in [0.29, 0.717) is 13.1 Å². The van der Waals surface area contributed by atoms with Crippen LogP contribution < -0.4 is 0 Å². The minimum absolute atomic E-state index is 0.250. The number of amides is 1. The Hall–Kier alpha value is -2.17. The van der Waals surface area contributed by atoms with Crippen LogP contribution in [0.5, 0.6) is 5.75 Å². The molecule has 0 fully saturated rings. The molecule has 0 saturated heterocycles. The second-order valence-corrected chi connectivity index (χ2v) is 6.78. The van der Waals surface area contributed by atoms with Crippen LogP contribution >= 0.6 is 0 Å². The fourth-order valence-corrected chi connectivity index (χ4v) is 2.91. The smallest absolute Gasteiger partial charge is 0.410 e. The van der Waals surface area contributed by atoms with Gasteiger partial charge in [0.25, 0.3) is 0 Å². The minimum Gasteiger partial charge on any atom is -0.508 e. The third-order valence-corrected chi connectivity index (χ3v) is 3.89. The second kappa shape index (κ2) is 5.23. The van der Waals surface area contributed by atoms with Crippen molar-refractivity contribution in [3.8, 4) is 5.75 Å². The molecule has 5 nitrogen and oxygen atoms in total. The number of ether oxygens (including phenoxy) is 1. The molecule has 0 aliphatic carbocycles. The van der Waals surface area contributed by atoms with E-state index in [1.807, 2.05) is 26.8 Å². The number of aromatic hydroxyl groups is 1. The molecule has 1 aliphatic rings. The van der Waals surface area contributed by atoms with Crippen LogP contribution in [-0.2, 0) is 17.6 Å². The van der Waals surface area contributed by atoms with Crippen molar-refractivity contribution < 1.29 is 14.6 Å². The number of carbonyl (C=O) groups is 1. The molecule has 0 bridgehead atoms. The first-order valence-electron chi connectivity index (χ1n) is 7.64. The normalized spacial score (nSPS) is 15.5. The molecular formula is C17H22N2O3. The van der Waals surface area contributed by atoms with Crippen molar-refractivity contribution >= 4 is 17.0 Å². The zero-order valence-electron chi connectivity index (χ0n) is 13.3. The molecule has 1 amide bonds. The van der Waals surface area contributed by atoms with E-state index in [1.165, 1.54) is 5.56 Å². The van der Waals surface area contributed by atoms with E-state index in [9.17, 15) is 9.90 Å². The van der Waals surface area contributed by atoms with Crippen LogP contribution in [-0.4, -0.2) is 39.8 Å². The number of benzene rings is 1. The summed E-state index contributed by atoms with van der Waals surface area (Å²) < 4.78 is 5.46. The Labute approximate surface area is 129 Å². The van der Waals surface area contributed by atoms with Crippen molar-refractivity contribution in [2.45, 2.75) is 39.2 Å². The minimum atomic E-state index is -0.470. The average Bonchev–Trinajstić information content (AvgIpc) is 2.60. The van der Waals surface area contributed by atoms with E-state index in [-0.39, 0.29) is 11.8 Å². The van der Waals surface area contributed by atoms with Crippen LogP contribution in [0.3, 0.4) is 0 Å². The van der Waals surface area contributed by atoms with Crippen LogP contribution in [0.4, 0.5) is 4.79 Å². The number of phenolic OH excluding ortho intramolecular Hbond substituents is 1. The van der Waals surface area contributed by atoms with Crippen LogP contribution in [0.15, 0.2) is 18.2 Å². The number of fused-ring (bicyclic) bond motifs is 3. The maximum atomic E-state index is 12.2. The summed E-state index contributed by atoms with van der Waals surface area (Å²) in [6.45, 7) is 6.93. The van der Waals surface area contributed by atoms with Crippen LogP contribution in [0.25, 0.3) is 10.9 Å². The van der Waals surface area contributed by atoms with Gasteiger partial charge in [0.1, 0.15) is 11.4 Å². The van der Waals surface area contributed by atoms with Gasteiger partial charge < -0.3 is 19.7 Å². The first kappa shape index (κ1) is 14.8. The summed E-state index contributed by atoms with van der Waals surface area (Å²) in [6.07, 6.45) is 1.31. The molecule has 2 aromatic rings. The molecule has 0 atom stereocenters. The predicted octanol–water partition coefficient (Wildman–Crippen LogP) is 3.21. The lowest BCUT2D eigenvalue weighted by Gasteiger charge is -2.26. The number of H-pyrrole nitrogens is 1. The quantitative estimate of drug-likeness (QED) is 0.785. The second-order valence-electron chi connectivity index (χ2n) is 6.78. The van der Waals surface area contributed by atoms with Crippen molar-refractivity contribution in [1.82, 2.24) is 9.88 Å². The highest BCUT2D eigenvalue weighted by atomic mass is 16.6. The Morgan fingerprint density at radius 3 is 2.73 bits per heavy atom. The van der Waals surface area contributed by atoms with Gasteiger partial charge in [0.15, 0.2) is 0 Å². The van der Waals surface area contributed by atoms with Crippen LogP contribution in [0.2, 0.25) is 0 Å². The summed E-state index contributed by atoms with van der Waals surface area (Å²) in [5, 5.41) is 10.7. The zero-order valence-corrected chi connectivity index (χ0v) is 13.3. The summed E-state index contributed by atoms with van der Waals surface area (Å²) in [7, 11) is 0. The highest BCUT2D eigenvalue weighted by Gasteiger charge is 2.25. The molecule has 3 rings (SSSR count). The molecule has 1 aliphatic heterocycles. The number of rotatable bonds is 0.